The van der Waals surface area contributed by atoms with Crippen molar-refractivity contribution in [2.45, 2.75) is 19.0 Å². The minimum Gasteiger partial charge on any atom is -0.378 e. The molecule has 6 heteroatoms. The first-order valence-electron chi connectivity index (χ1n) is 8.07. The molecule has 0 aromatic heterocycles. The van der Waals surface area contributed by atoms with Crippen molar-refractivity contribution in [2.24, 2.45) is 0 Å². The monoisotopic (exact) mass is 317 g/mol. The van der Waals surface area contributed by atoms with E-state index in [9.17, 15) is 9.59 Å². The van der Waals surface area contributed by atoms with E-state index < -0.39 is 0 Å². The summed E-state index contributed by atoms with van der Waals surface area (Å²) in [6.45, 7) is 3.35. The van der Waals surface area contributed by atoms with E-state index in [1.54, 1.807) is 7.05 Å². The molecule has 3 rings (SSSR count). The van der Waals surface area contributed by atoms with Gasteiger partial charge in [0.2, 0.25) is 11.8 Å². The van der Waals surface area contributed by atoms with Crippen molar-refractivity contribution in [1.29, 1.82) is 0 Å². The van der Waals surface area contributed by atoms with E-state index in [0.29, 0.717) is 39.3 Å². The standard InChI is InChI=1S/C17H23N3O3/c1-18-17(22)15-10-13-4-2-3-5-14(13)11-20(15)12-16(21)19-6-8-23-9-7-19/h2-5,15H,6-12H2,1H3,(H,18,22)/t15-/m0/s1. The molecule has 0 aliphatic carbocycles. The molecule has 1 aromatic rings. The molecule has 6 nitrogen and oxygen atoms in total. The SMILES string of the molecule is CNC(=O)[C@@H]1Cc2ccccc2CN1CC(=O)N1CCOCC1. The minimum atomic E-state index is -0.292. The minimum absolute atomic E-state index is 0.0331. The van der Waals surface area contributed by atoms with Gasteiger partial charge < -0.3 is 15.0 Å². The summed E-state index contributed by atoms with van der Waals surface area (Å²) in [6.07, 6.45) is 0.645. The predicted molar refractivity (Wildman–Crippen MR) is 85.8 cm³/mol. The van der Waals surface area contributed by atoms with Crippen molar-refractivity contribution < 1.29 is 14.3 Å². The molecule has 0 unspecified atom stereocenters. The highest BCUT2D eigenvalue weighted by Gasteiger charge is 2.33. The number of hydrogen-bond acceptors (Lipinski definition) is 4. The number of ether oxygens (including phenoxy) is 1. The Labute approximate surface area is 136 Å². The van der Waals surface area contributed by atoms with Crippen molar-refractivity contribution in [3.63, 3.8) is 0 Å². The molecule has 1 saturated heterocycles. The van der Waals surface area contributed by atoms with Gasteiger partial charge in [0.1, 0.15) is 0 Å². The van der Waals surface area contributed by atoms with E-state index in [0.717, 1.165) is 0 Å². The van der Waals surface area contributed by atoms with Gasteiger partial charge in [-0.05, 0) is 17.5 Å². The molecule has 0 spiro atoms. The summed E-state index contributed by atoms with van der Waals surface area (Å²) in [7, 11) is 1.64. The Kier molecular flexibility index (Phi) is 4.93. The summed E-state index contributed by atoms with van der Waals surface area (Å²) in [6, 6.07) is 7.84. The lowest BCUT2D eigenvalue weighted by atomic mass is 9.93. The van der Waals surface area contributed by atoms with Crippen LogP contribution in [0.3, 0.4) is 0 Å². The molecule has 2 aliphatic heterocycles. The second kappa shape index (κ2) is 7.10. The van der Waals surface area contributed by atoms with Crippen molar-refractivity contribution in [1.82, 2.24) is 15.1 Å². The maximum Gasteiger partial charge on any atom is 0.237 e. The van der Waals surface area contributed by atoms with Crippen LogP contribution in [0.1, 0.15) is 11.1 Å². The van der Waals surface area contributed by atoms with Gasteiger partial charge in [-0.15, -0.1) is 0 Å². The van der Waals surface area contributed by atoms with Crippen LogP contribution in [0.4, 0.5) is 0 Å². The number of fused-ring (bicyclic) bond motifs is 1. The van der Waals surface area contributed by atoms with Crippen LogP contribution in [0.15, 0.2) is 24.3 Å². The molecule has 0 saturated carbocycles. The van der Waals surface area contributed by atoms with E-state index in [4.69, 9.17) is 4.74 Å². The van der Waals surface area contributed by atoms with Crippen molar-refractivity contribution in [3.05, 3.63) is 35.4 Å². The number of rotatable bonds is 3. The summed E-state index contributed by atoms with van der Waals surface area (Å²) >= 11 is 0. The van der Waals surface area contributed by atoms with Crippen LogP contribution >= 0.6 is 0 Å². The third kappa shape index (κ3) is 3.54. The van der Waals surface area contributed by atoms with Gasteiger partial charge in [0, 0.05) is 26.7 Å². The molecular formula is C17H23N3O3. The Hall–Kier alpha value is -1.92. The van der Waals surface area contributed by atoms with Crippen molar-refractivity contribution >= 4 is 11.8 Å². The molecule has 2 aliphatic rings. The fourth-order valence-corrected chi connectivity index (χ4v) is 3.25. The fraction of sp³-hybridized carbons (Fsp3) is 0.529. The van der Waals surface area contributed by atoms with Crippen LogP contribution in [0.25, 0.3) is 0 Å². The summed E-state index contributed by atoms with van der Waals surface area (Å²) in [5.41, 5.74) is 2.39. The van der Waals surface area contributed by atoms with Gasteiger partial charge in [-0.1, -0.05) is 24.3 Å². The van der Waals surface area contributed by atoms with Crippen molar-refractivity contribution in [3.8, 4) is 0 Å². The van der Waals surface area contributed by atoms with Crippen LogP contribution in [-0.2, 0) is 27.3 Å². The lowest BCUT2D eigenvalue weighted by Gasteiger charge is -2.37. The van der Waals surface area contributed by atoms with E-state index in [-0.39, 0.29) is 24.4 Å². The predicted octanol–water partition coefficient (Wildman–Crippen LogP) is 0.0181. The molecule has 1 aromatic carbocycles. The Morgan fingerprint density at radius 3 is 2.61 bits per heavy atom. The van der Waals surface area contributed by atoms with Gasteiger partial charge in [-0.3, -0.25) is 14.5 Å². The van der Waals surface area contributed by atoms with Crippen molar-refractivity contribution in [2.75, 3.05) is 39.9 Å². The van der Waals surface area contributed by atoms with Gasteiger partial charge >= 0.3 is 0 Å². The normalized spacial score (nSPS) is 21.6. The number of likely N-dealkylation sites (N-methyl/N-ethyl adjacent to an activating group) is 1. The number of amides is 2. The number of hydrogen-bond donors (Lipinski definition) is 1. The molecule has 124 valence electrons. The Morgan fingerprint density at radius 1 is 1.22 bits per heavy atom. The number of morpholine rings is 1. The average Bonchev–Trinajstić information content (AvgIpc) is 2.61. The number of carbonyl (C=O) groups excluding carboxylic acids is 2. The molecule has 1 N–H and O–H groups in total. The quantitative estimate of drug-likeness (QED) is 0.854. The highest BCUT2D eigenvalue weighted by molar-refractivity contribution is 5.84. The molecule has 0 radical (unpaired) electrons. The Morgan fingerprint density at radius 2 is 1.91 bits per heavy atom. The zero-order valence-corrected chi connectivity index (χ0v) is 13.5. The third-order valence-electron chi connectivity index (χ3n) is 4.60. The number of carbonyl (C=O) groups is 2. The zero-order valence-electron chi connectivity index (χ0n) is 13.5. The third-order valence-corrected chi connectivity index (χ3v) is 4.60. The van der Waals surface area contributed by atoms with Crippen LogP contribution < -0.4 is 5.32 Å². The van der Waals surface area contributed by atoms with Crippen LogP contribution in [0, 0.1) is 0 Å². The lowest BCUT2D eigenvalue weighted by Crippen LogP contribution is -2.53. The maximum absolute atomic E-state index is 12.5. The molecule has 2 amide bonds. The molecule has 2 heterocycles. The van der Waals surface area contributed by atoms with Gasteiger partial charge in [0.05, 0.1) is 25.8 Å². The van der Waals surface area contributed by atoms with Crippen LogP contribution in [-0.4, -0.2) is 67.6 Å². The largest absolute Gasteiger partial charge is 0.378 e. The first kappa shape index (κ1) is 16.0. The first-order valence-corrected chi connectivity index (χ1v) is 8.07. The van der Waals surface area contributed by atoms with Gasteiger partial charge in [-0.25, -0.2) is 0 Å². The smallest absolute Gasteiger partial charge is 0.237 e. The zero-order chi connectivity index (χ0) is 16.2. The van der Waals surface area contributed by atoms with E-state index in [1.165, 1.54) is 11.1 Å². The van der Waals surface area contributed by atoms with Gasteiger partial charge in [-0.2, -0.15) is 0 Å². The Balaban J connectivity index is 1.74. The highest BCUT2D eigenvalue weighted by Crippen LogP contribution is 2.23. The molecule has 1 fully saturated rings. The second-order valence-electron chi connectivity index (χ2n) is 6.00. The summed E-state index contributed by atoms with van der Waals surface area (Å²) in [5.74, 6) is 0.0378. The lowest BCUT2D eigenvalue weighted by molar-refractivity contribution is -0.138. The number of nitrogens with one attached hydrogen (secondary N) is 1. The van der Waals surface area contributed by atoms with E-state index in [1.807, 2.05) is 21.9 Å². The Bertz CT molecular complexity index is 584. The van der Waals surface area contributed by atoms with Gasteiger partial charge in [0.15, 0.2) is 0 Å². The van der Waals surface area contributed by atoms with Crippen LogP contribution in [0.5, 0.6) is 0 Å². The average molecular weight is 317 g/mol. The first-order chi connectivity index (χ1) is 11.2. The highest BCUT2D eigenvalue weighted by atomic mass is 16.5. The van der Waals surface area contributed by atoms with Crippen LogP contribution in [0.2, 0.25) is 0 Å². The fourth-order valence-electron chi connectivity index (χ4n) is 3.25. The maximum atomic E-state index is 12.5. The number of nitrogens with zero attached hydrogens (tertiary/aromatic N) is 2. The number of benzene rings is 1. The van der Waals surface area contributed by atoms with E-state index >= 15 is 0 Å². The second-order valence-corrected chi connectivity index (χ2v) is 6.00. The van der Waals surface area contributed by atoms with E-state index in [2.05, 4.69) is 17.4 Å². The topological polar surface area (TPSA) is 61.9 Å². The van der Waals surface area contributed by atoms with Gasteiger partial charge in [0.25, 0.3) is 0 Å². The summed E-state index contributed by atoms with van der Waals surface area (Å²) < 4.78 is 5.29. The molecular weight excluding hydrogens is 294 g/mol. The molecule has 23 heavy (non-hydrogen) atoms. The molecule has 0 bridgehead atoms. The molecule has 1 atom stereocenters. The summed E-state index contributed by atoms with van der Waals surface area (Å²) in [5, 5.41) is 2.72. The summed E-state index contributed by atoms with van der Waals surface area (Å²) in [4.78, 5) is 28.6.